The lowest BCUT2D eigenvalue weighted by Crippen LogP contribution is -2.72. The van der Waals surface area contributed by atoms with Crippen molar-refractivity contribution in [1.29, 1.82) is 0 Å². The molecule has 10 atom stereocenters. The van der Waals surface area contributed by atoms with E-state index in [-0.39, 0.29) is 46.6 Å². The fourth-order valence-corrected chi connectivity index (χ4v) is 11.8. The van der Waals surface area contributed by atoms with Crippen molar-refractivity contribution in [2.75, 3.05) is 0 Å². The number of fused-ring (bicyclic) bond motifs is 7. The summed E-state index contributed by atoms with van der Waals surface area (Å²) in [5, 5.41) is 34.5. The number of allylic oxidation sites excluding steroid dienone is 2. The Kier molecular flexibility index (Phi) is 7.38. The van der Waals surface area contributed by atoms with Crippen LogP contribution in [0.2, 0.25) is 5.02 Å². The molecule has 6 rings (SSSR count). The molecule has 0 amide bonds. The van der Waals surface area contributed by atoms with Crippen LogP contribution in [0.15, 0.2) is 35.9 Å². The van der Waals surface area contributed by atoms with E-state index in [1.807, 2.05) is 24.3 Å². The van der Waals surface area contributed by atoms with Crippen molar-refractivity contribution in [3.63, 3.8) is 0 Å². The summed E-state index contributed by atoms with van der Waals surface area (Å²) in [6.45, 7) is 16.0. The Balaban J connectivity index is 1.39. The maximum Gasteiger partial charge on any atom is 0.313 e. The summed E-state index contributed by atoms with van der Waals surface area (Å²) >= 11 is 6.41. The van der Waals surface area contributed by atoms with Crippen LogP contribution in [0.5, 0.6) is 0 Å². The van der Waals surface area contributed by atoms with E-state index in [1.54, 1.807) is 0 Å². The first kappa shape index (κ1) is 31.6. The van der Waals surface area contributed by atoms with Gasteiger partial charge in [0.15, 0.2) is 0 Å². The van der Waals surface area contributed by atoms with Crippen LogP contribution in [0.1, 0.15) is 105 Å². The smallest absolute Gasteiger partial charge is 0.313 e. The van der Waals surface area contributed by atoms with Gasteiger partial charge in [-0.25, -0.2) is 0 Å². The van der Waals surface area contributed by atoms with Crippen molar-refractivity contribution >= 4 is 17.6 Å². The number of hydrogen-bond donors (Lipinski definition) is 3. The van der Waals surface area contributed by atoms with E-state index in [0.717, 1.165) is 56.9 Å². The zero-order valence-corrected chi connectivity index (χ0v) is 28.0. The quantitative estimate of drug-likeness (QED) is 0.243. The predicted molar refractivity (Wildman–Crippen MR) is 169 cm³/mol. The molecular weight excluding hydrogens is 560 g/mol. The van der Waals surface area contributed by atoms with Crippen LogP contribution in [0.25, 0.3) is 0 Å². The van der Waals surface area contributed by atoms with Crippen LogP contribution in [-0.2, 0) is 16.1 Å². The van der Waals surface area contributed by atoms with Gasteiger partial charge in [0.05, 0.1) is 17.6 Å². The molecule has 5 nitrogen and oxygen atoms in total. The second-order valence-electron chi connectivity index (χ2n) is 17.1. The molecule has 0 radical (unpaired) electrons. The highest BCUT2D eigenvalue weighted by molar-refractivity contribution is 6.31. The van der Waals surface area contributed by atoms with Crippen LogP contribution in [-0.4, -0.2) is 39.6 Å². The average molecular weight is 613 g/mol. The van der Waals surface area contributed by atoms with E-state index in [2.05, 4.69) is 54.5 Å². The number of esters is 1. The Morgan fingerprint density at radius 3 is 2.28 bits per heavy atom. The molecule has 1 aromatic carbocycles. The highest BCUT2D eigenvalue weighted by atomic mass is 35.5. The lowest BCUT2D eigenvalue weighted by Gasteiger charge is -2.72. The van der Waals surface area contributed by atoms with Gasteiger partial charge in [-0.2, -0.15) is 0 Å². The van der Waals surface area contributed by atoms with Gasteiger partial charge in [0.2, 0.25) is 0 Å². The maximum absolute atomic E-state index is 14.2. The summed E-state index contributed by atoms with van der Waals surface area (Å²) in [7, 11) is 0. The SMILES string of the molecule is CC1(C)CC[C@]2(C(=O)OCc3ccccc3Cl)CC[C@]3(C)C(=CC[C@@H]4[C@@]5(C)[C@@H](O)[C@H](O)[C@H](O)C(C)(C)[C@@H]5CC[C@]43C)[C@@H]2C1. The second-order valence-corrected chi connectivity index (χ2v) is 17.5. The first-order valence-electron chi connectivity index (χ1n) is 16.6. The molecule has 0 unspecified atom stereocenters. The van der Waals surface area contributed by atoms with Gasteiger partial charge in [-0.05, 0) is 96.8 Å². The van der Waals surface area contributed by atoms with Crippen molar-refractivity contribution < 1.29 is 24.9 Å². The zero-order valence-electron chi connectivity index (χ0n) is 27.3. The first-order chi connectivity index (χ1) is 20.0. The molecule has 43 heavy (non-hydrogen) atoms. The van der Waals surface area contributed by atoms with Crippen molar-refractivity contribution in [1.82, 2.24) is 0 Å². The summed E-state index contributed by atoms with van der Waals surface area (Å²) in [5.74, 6) is 0.277. The minimum atomic E-state index is -1.16. The second kappa shape index (κ2) is 10.0. The van der Waals surface area contributed by atoms with Gasteiger partial charge in [-0.3, -0.25) is 4.79 Å². The predicted octanol–water partition coefficient (Wildman–Crippen LogP) is 7.49. The zero-order chi connectivity index (χ0) is 31.4. The molecule has 5 aliphatic carbocycles. The Hall–Kier alpha value is -1.40. The molecule has 0 aromatic heterocycles. The maximum atomic E-state index is 14.2. The number of rotatable bonds is 3. The Labute approximate surface area is 263 Å². The molecule has 3 N–H and O–H groups in total. The molecule has 0 heterocycles. The van der Waals surface area contributed by atoms with Crippen molar-refractivity contribution in [3.8, 4) is 0 Å². The third-order valence-corrected chi connectivity index (χ3v) is 14.8. The van der Waals surface area contributed by atoms with Gasteiger partial charge in [0.25, 0.3) is 0 Å². The van der Waals surface area contributed by atoms with Crippen LogP contribution < -0.4 is 0 Å². The van der Waals surface area contributed by atoms with Crippen LogP contribution >= 0.6 is 11.6 Å². The largest absolute Gasteiger partial charge is 0.460 e. The summed E-state index contributed by atoms with van der Waals surface area (Å²) in [4.78, 5) is 14.2. The molecule has 1 aromatic rings. The van der Waals surface area contributed by atoms with E-state index in [1.165, 1.54) is 5.57 Å². The van der Waals surface area contributed by atoms with Gasteiger partial charge in [0.1, 0.15) is 12.7 Å². The number of carbonyl (C=O) groups excluding carboxylic acids is 1. The van der Waals surface area contributed by atoms with Crippen molar-refractivity contribution in [2.45, 2.75) is 125 Å². The Morgan fingerprint density at radius 1 is 0.907 bits per heavy atom. The normalized spacial score (nSPS) is 46.3. The third-order valence-electron chi connectivity index (χ3n) is 14.5. The number of benzene rings is 1. The van der Waals surface area contributed by atoms with E-state index >= 15 is 0 Å². The summed E-state index contributed by atoms with van der Waals surface area (Å²) in [6, 6.07) is 7.57. The molecule has 0 spiro atoms. The summed E-state index contributed by atoms with van der Waals surface area (Å²) in [6.07, 6.45) is 6.53. The van der Waals surface area contributed by atoms with Crippen LogP contribution in [0.3, 0.4) is 0 Å². The number of carbonyl (C=O) groups is 1. The summed E-state index contributed by atoms with van der Waals surface area (Å²) in [5.41, 5.74) is 0.554. The number of aliphatic hydroxyl groups excluding tert-OH is 3. The number of halogens is 1. The van der Waals surface area contributed by atoms with Crippen molar-refractivity contribution in [3.05, 3.63) is 46.5 Å². The van der Waals surface area contributed by atoms with E-state index < -0.39 is 34.6 Å². The lowest BCUT2D eigenvalue weighted by molar-refractivity contribution is -0.278. The molecule has 6 heteroatoms. The van der Waals surface area contributed by atoms with Gasteiger partial charge in [-0.15, -0.1) is 0 Å². The minimum absolute atomic E-state index is 0.0830. The Bertz CT molecular complexity index is 1320. The Morgan fingerprint density at radius 2 is 1.58 bits per heavy atom. The van der Waals surface area contributed by atoms with Gasteiger partial charge < -0.3 is 20.1 Å². The molecule has 0 bridgehead atoms. The fourth-order valence-electron chi connectivity index (χ4n) is 11.6. The average Bonchev–Trinajstić information content (AvgIpc) is 2.94. The topological polar surface area (TPSA) is 87.0 Å². The van der Waals surface area contributed by atoms with Gasteiger partial charge >= 0.3 is 5.97 Å². The minimum Gasteiger partial charge on any atom is -0.460 e. The lowest BCUT2D eigenvalue weighted by atomic mass is 9.33. The van der Waals surface area contributed by atoms with Crippen LogP contribution in [0, 0.1) is 50.2 Å². The number of hydrogen-bond acceptors (Lipinski definition) is 5. The van der Waals surface area contributed by atoms with Gasteiger partial charge in [0, 0.05) is 16.0 Å². The van der Waals surface area contributed by atoms with E-state index in [4.69, 9.17) is 16.3 Å². The monoisotopic (exact) mass is 612 g/mol. The number of ether oxygens (including phenoxy) is 1. The van der Waals surface area contributed by atoms with Gasteiger partial charge in [-0.1, -0.05) is 89.9 Å². The van der Waals surface area contributed by atoms with Crippen LogP contribution in [0.4, 0.5) is 0 Å². The van der Waals surface area contributed by atoms with E-state index in [0.29, 0.717) is 5.02 Å². The molecule has 4 saturated carbocycles. The molecule has 4 fully saturated rings. The van der Waals surface area contributed by atoms with E-state index in [9.17, 15) is 20.1 Å². The molecule has 0 saturated heterocycles. The highest BCUT2D eigenvalue weighted by Crippen LogP contribution is 2.75. The molecule has 238 valence electrons. The standard InChI is InChI=1S/C37H53ClO5/c1-32(2)16-18-37(31(42)43-21-22-10-8-9-11-25(22)38)19-17-34(5)23(24(37)20-32)12-13-27-35(34,6)15-14-26-33(3,4)29(40)28(39)30(41)36(26,27)7/h8-12,24,26-30,39-41H,13-21H2,1-7H3/t24-,26-,27-,28+,29-,30-,34+,35+,36-,37-/m0/s1. The highest BCUT2D eigenvalue weighted by Gasteiger charge is 2.72. The molecule has 0 aliphatic heterocycles. The van der Waals surface area contributed by atoms with Crippen molar-refractivity contribution in [2.24, 2.45) is 50.2 Å². The fraction of sp³-hybridized carbons (Fsp3) is 0.757. The first-order valence-corrected chi connectivity index (χ1v) is 17.0. The summed E-state index contributed by atoms with van der Waals surface area (Å²) < 4.78 is 6.13. The number of aliphatic hydroxyl groups is 3. The molecule has 5 aliphatic rings. The third kappa shape index (κ3) is 4.23. The molecular formula is C37H53ClO5.